The molecule has 4 nitrogen and oxygen atoms in total. The predicted molar refractivity (Wildman–Crippen MR) is 69.1 cm³/mol. The molecule has 1 saturated heterocycles. The molecule has 0 saturated carbocycles. The van der Waals surface area contributed by atoms with Crippen LogP contribution in [0.2, 0.25) is 0 Å². The lowest BCUT2D eigenvalue weighted by atomic mass is 10.0. The summed E-state index contributed by atoms with van der Waals surface area (Å²) < 4.78 is 0. The number of nitrogens with zero attached hydrogens (tertiary/aromatic N) is 1. The maximum atomic E-state index is 11.8. The van der Waals surface area contributed by atoms with Crippen molar-refractivity contribution < 1.29 is 9.59 Å². The van der Waals surface area contributed by atoms with Crippen LogP contribution in [0, 0.1) is 6.92 Å². The molecule has 2 amide bonds. The van der Waals surface area contributed by atoms with Crippen LogP contribution < -0.4 is 5.32 Å². The van der Waals surface area contributed by atoms with Gasteiger partial charge in [0.15, 0.2) is 0 Å². The van der Waals surface area contributed by atoms with E-state index in [4.69, 9.17) is 0 Å². The van der Waals surface area contributed by atoms with E-state index in [0.717, 1.165) is 6.42 Å². The lowest BCUT2D eigenvalue weighted by Gasteiger charge is -2.32. The minimum Gasteiger partial charge on any atom is -0.345 e. The molecule has 2 rings (SSSR count). The van der Waals surface area contributed by atoms with Gasteiger partial charge in [-0.2, -0.15) is 0 Å². The highest BCUT2D eigenvalue weighted by Gasteiger charge is 2.30. The summed E-state index contributed by atoms with van der Waals surface area (Å²) in [4.78, 5) is 24.9. The van der Waals surface area contributed by atoms with Crippen LogP contribution >= 0.6 is 0 Å². The van der Waals surface area contributed by atoms with Gasteiger partial charge >= 0.3 is 0 Å². The van der Waals surface area contributed by atoms with E-state index in [2.05, 4.69) is 24.4 Å². The molecule has 0 spiro atoms. The Morgan fingerprint density at radius 3 is 2.78 bits per heavy atom. The molecule has 0 radical (unpaired) electrons. The lowest BCUT2D eigenvalue weighted by molar-refractivity contribution is -0.144. The average Bonchev–Trinajstić information content (AvgIpc) is 2.36. The van der Waals surface area contributed by atoms with Gasteiger partial charge in [-0.15, -0.1) is 0 Å². The van der Waals surface area contributed by atoms with E-state index in [1.165, 1.54) is 11.1 Å². The van der Waals surface area contributed by atoms with Crippen molar-refractivity contribution in [3.63, 3.8) is 0 Å². The van der Waals surface area contributed by atoms with Crippen LogP contribution in [0.25, 0.3) is 0 Å². The van der Waals surface area contributed by atoms with Crippen LogP contribution in [-0.2, 0) is 16.0 Å². The van der Waals surface area contributed by atoms with Crippen molar-refractivity contribution in [1.29, 1.82) is 0 Å². The van der Waals surface area contributed by atoms with Crippen molar-refractivity contribution >= 4 is 11.8 Å². The van der Waals surface area contributed by atoms with E-state index in [1.807, 2.05) is 12.1 Å². The normalized spacial score (nSPS) is 19.9. The maximum absolute atomic E-state index is 11.8. The van der Waals surface area contributed by atoms with Gasteiger partial charge in [0, 0.05) is 6.54 Å². The molecule has 18 heavy (non-hydrogen) atoms. The molecule has 1 unspecified atom stereocenters. The van der Waals surface area contributed by atoms with Crippen LogP contribution in [0.1, 0.15) is 18.1 Å². The van der Waals surface area contributed by atoms with Gasteiger partial charge in [-0.3, -0.25) is 9.59 Å². The Balaban J connectivity index is 2.03. The van der Waals surface area contributed by atoms with Crippen LogP contribution in [-0.4, -0.2) is 35.8 Å². The quantitative estimate of drug-likeness (QED) is 0.861. The fourth-order valence-corrected chi connectivity index (χ4v) is 2.22. The van der Waals surface area contributed by atoms with Crippen molar-refractivity contribution in [1.82, 2.24) is 10.2 Å². The lowest BCUT2D eigenvalue weighted by Crippen LogP contribution is -2.57. The number of carbonyl (C=O) groups is 2. The molecule has 1 aromatic rings. The minimum absolute atomic E-state index is 0.00400. The summed E-state index contributed by atoms with van der Waals surface area (Å²) in [6.07, 6.45) is 0.788. The van der Waals surface area contributed by atoms with E-state index in [-0.39, 0.29) is 24.4 Å². The topological polar surface area (TPSA) is 49.4 Å². The van der Waals surface area contributed by atoms with E-state index in [0.29, 0.717) is 6.54 Å². The van der Waals surface area contributed by atoms with Crippen LogP contribution in [0.4, 0.5) is 0 Å². The second kappa shape index (κ2) is 5.21. The van der Waals surface area contributed by atoms with E-state index in [1.54, 1.807) is 11.8 Å². The molecular formula is C14H18N2O2. The summed E-state index contributed by atoms with van der Waals surface area (Å²) in [5.74, 6) is -0.0740. The first-order valence-electron chi connectivity index (χ1n) is 6.21. The van der Waals surface area contributed by atoms with Gasteiger partial charge in [-0.05, 0) is 31.4 Å². The number of piperazine rings is 1. The highest BCUT2D eigenvalue weighted by molar-refractivity contribution is 5.94. The smallest absolute Gasteiger partial charge is 0.242 e. The number of hydrogen-bond donors (Lipinski definition) is 1. The highest BCUT2D eigenvalue weighted by atomic mass is 16.2. The van der Waals surface area contributed by atoms with Crippen molar-refractivity contribution in [3.05, 3.63) is 35.4 Å². The Labute approximate surface area is 107 Å². The van der Waals surface area contributed by atoms with Crippen molar-refractivity contribution in [3.8, 4) is 0 Å². The third-order valence-corrected chi connectivity index (χ3v) is 3.46. The monoisotopic (exact) mass is 246 g/mol. The number of aryl methyl sites for hydroxylation is 1. The van der Waals surface area contributed by atoms with Crippen LogP contribution in [0.3, 0.4) is 0 Å². The Kier molecular flexibility index (Phi) is 3.65. The first-order valence-corrected chi connectivity index (χ1v) is 6.21. The molecule has 0 aromatic heterocycles. The third kappa shape index (κ3) is 2.53. The van der Waals surface area contributed by atoms with Gasteiger partial charge in [0.1, 0.15) is 6.04 Å². The first kappa shape index (κ1) is 12.6. The number of carbonyl (C=O) groups excluding carboxylic acids is 2. The molecule has 1 aromatic carbocycles. The zero-order chi connectivity index (χ0) is 13.1. The van der Waals surface area contributed by atoms with Crippen molar-refractivity contribution in [2.45, 2.75) is 26.3 Å². The van der Waals surface area contributed by atoms with Crippen LogP contribution in [0.15, 0.2) is 24.3 Å². The van der Waals surface area contributed by atoms with Gasteiger partial charge in [-0.25, -0.2) is 0 Å². The van der Waals surface area contributed by atoms with Crippen molar-refractivity contribution in [2.24, 2.45) is 0 Å². The summed E-state index contributed by atoms with van der Waals surface area (Å²) in [5.41, 5.74) is 2.45. The molecule has 1 N–H and O–H groups in total. The van der Waals surface area contributed by atoms with E-state index >= 15 is 0 Å². The largest absolute Gasteiger partial charge is 0.345 e. The number of amides is 2. The average molecular weight is 246 g/mol. The summed E-state index contributed by atoms with van der Waals surface area (Å²) in [7, 11) is 0. The van der Waals surface area contributed by atoms with Gasteiger partial charge in [0.2, 0.25) is 11.8 Å². The SMILES string of the molecule is Cc1ccccc1CCN1C(=O)CNC(=O)C1C. The summed E-state index contributed by atoms with van der Waals surface area (Å²) in [5, 5.41) is 2.59. The molecule has 4 heteroatoms. The zero-order valence-corrected chi connectivity index (χ0v) is 10.8. The fraction of sp³-hybridized carbons (Fsp3) is 0.429. The summed E-state index contributed by atoms with van der Waals surface area (Å²) >= 11 is 0. The number of rotatable bonds is 3. The minimum atomic E-state index is -0.365. The Morgan fingerprint density at radius 1 is 1.33 bits per heavy atom. The standard InChI is InChI=1S/C14H18N2O2/c1-10-5-3-4-6-12(10)7-8-16-11(2)14(18)15-9-13(16)17/h3-6,11H,7-9H2,1-2H3,(H,15,18). The molecule has 96 valence electrons. The predicted octanol–water partition coefficient (Wildman–Crippen LogP) is 0.884. The van der Waals surface area contributed by atoms with Gasteiger partial charge in [0.25, 0.3) is 0 Å². The van der Waals surface area contributed by atoms with Gasteiger partial charge in [-0.1, -0.05) is 24.3 Å². The summed E-state index contributed by atoms with van der Waals surface area (Å²) in [6, 6.07) is 7.75. The molecule has 1 heterocycles. The molecular weight excluding hydrogens is 228 g/mol. The first-order chi connectivity index (χ1) is 8.59. The zero-order valence-electron chi connectivity index (χ0n) is 10.8. The van der Waals surface area contributed by atoms with Gasteiger partial charge < -0.3 is 10.2 Å². The van der Waals surface area contributed by atoms with Crippen LogP contribution in [0.5, 0.6) is 0 Å². The van der Waals surface area contributed by atoms with E-state index < -0.39 is 0 Å². The number of hydrogen-bond acceptors (Lipinski definition) is 2. The molecule has 1 atom stereocenters. The molecule has 1 fully saturated rings. The molecule has 1 aliphatic heterocycles. The Morgan fingerprint density at radius 2 is 2.06 bits per heavy atom. The third-order valence-electron chi connectivity index (χ3n) is 3.46. The Bertz CT molecular complexity index is 471. The Hall–Kier alpha value is -1.84. The molecule has 1 aliphatic rings. The highest BCUT2D eigenvalue weighted by Crippen LogP contribution is 2.11. The second-order valence-electron chi connectivity index (χ2n) is 4.66. The second-order valence-corrected chi connectivity index (χ2v) is 4.66. The fourth-order valence-electron chi connectivity index (χ4n) is 2.22. The summed E-state index contributed by atoms with van der Waals surface area (Å²) in [6.45, 7) is 4.54. The molecule has 0 bridgehead atoms. The van der Waals surface area contributed by atoms with Crippen molar-refractivity contribution in [2.75, 3.05) is 13.1 Å². The number of nitrogens with one attached hydrogen (secondary N) is 1. The van der Waals surface area contributed by atoms with E-state index in [9.17, 15) is 9.59 Å². The molecule has 0 aliphatic carbocycles. The van der Waals surface area contributed by atoms with Gasteiger partial charge in [0.05, 0.1) is 6.54 Å². The number of benzene rings is 1. The maximum Gasteiger partial charge on any atom is 0.242 e.